The van der Waals surface area contributed by atoms with Gasteiger partial charge in [0.05, 0.1) is 0 Å². The molecule has 0 bridgehead atoms. The van der Waals surface area contributed by atoms with Gasteiger partial charge in [0.2, 0.25) is 0 Å². The standard InChI is InChI=1S/C22H29NO/c24-21-11-7-10-20(18-21)22(13-5-2-6-14-22)15-17-23-16-12-19-8-3-1-4-9-19/h1,3-4,7-11,18,23-24H,2,5-6,12-17H2. The molecule has 1 aliphatic rings. The third-order valence-corrected chi connectivity index (χ3v) is 5.48. The summed E-state index contributed by atoms with van der Waals surface area (Å²) in [6, 6.07) is 18.6. The van der Waals surface area contributed by atoms with Gasteiger partial charge >= 0.3 is 0 Å². The van der Waals surface area contributed by atoms with Crippen LogP contribution in [0.5, 0.6) is 5.75 Å². The summed E-state index contributed by atoms with van der Waals surface area (Å²) in [5.41, 5.74) is 2.97. The molecule has 1 fully saturated rings. The minimum atomic E-state index is 0.247. The van der Waals surface area contributed by atoms with Gasteiger partial charge < -0.3 is 10.4 Å². The Morgan fingerprint density at radius 1 is 0.875 bits per heavy atom. The van der Waals surface area contributed by atoms with E-state index in [1.54, 1.807) is 6.07 Å². The average molecular weight is 323 g/mol. The van der Waals surface area contributed by atoms with Crippen LogP contribution in [0.3, 0.4) is 0 Å². The van der Waals surface area contributed by atoms with E-state index in [4.69, 9.17) is 0 Å². The van der Waals surface area contributed by atoms with Crippen molar-refractivity contribution in [1.29, 1.82) is 0 Å². The SMILES string of the molecule is Oc1cccc(C2(CCNCCc3ccccc3)CCCCC2)c1. The molecule has 2 heteroatoms. The fraction of sp³-hybridized carbons (Fsp3) is 0.455. The summed E-state index contributed by atoms with van der Waals surface area (Å²) in [5.74, 6) is 0.398. The topological polar surface area (TPSA) is 32.3 Å². The molecule has 0 aliphatic heterocycles. The molecule has 0 heterocycles. The van der Waals surface area contributed by atoms with Crippen LogP contribution >= 0.6 is 0 Å². The summed E-state index contributed by atoms with van der Waals surface area (Å²) < 4.78 is 0. The zero-order valence-electron chi connectivity index (χ0n) is 14.5. The highest BCUT2D eigenvalue weighted by Gasteiger charge is 2.33. The van der Waals surface area contributed by atoms with Crippen LogP contribution < -0.4 is 5.32 Å². The molecule has 2 nitrogen and oxygen atoms in total. The monoisotopic (exact) mass is 323 g/mol. The third kappa shape index (κ3) is 4.39. The first-order valence-corrected chi connectivity index (χ1v) is 9.33. The van der Waals surface area contributed by atoms with Gasteiger partial charge in [-0.2, -0.15) is 0 Å². The van der Waals surface area contributed by atoms with Gasteiger partial charge in [0.1, 0.15) is 5.75 Å². The first-order chi connectivity index (χ1) is 11.8. The van der Waals surface area contributed by atoms with Crippen LogP contribution in [-0.2, 0) is 11.8 Å². The van der Waals surface area contributed by atoms with E-state index in [0.29, 0.717) is 5.75 Å². The van der Waals surface area contributed by atoms with E-state index < -0.39 is 0 Å². The van der Waals surface area contributed by atoms with Crippen LogP contribution in [0.2, 0.25) is 0 Å². The summed E-state index contributed by atoms with van der Waals surface area (Å²) in [5, 5.41) is 13.5. The number of hydrogen-bond donors (Lipinski definition) is 2. The maximum Gasteiger partial charge on any atom is 0.115 e. The molecule has 1 aliphatic carbocycles. The highest BCUT2D eigenvalue weighted by atomic mass is 16.3. The number of rotatable bonds is 7. The van der Waals surface area contributed by atoms with E-state index in [1.807, 2.05) is 12.1 Å². The number of aromatic hydroxyl groups is 1. The summed E-state index contributed by atoms with van der Waals surface area (Å²) in [6.07, 6.45) is 8.69. The van der Waals surface area contributed by atoms with E-state index in [-0.39, 0.29) is 5.41 Å². The number of benzene rings is 2. The van der Waals surface area contributed by atoms with Gasteiger partial charge in [-0.25, -0.2) is 0 Å². The second kappa shape index (κ2) is 8.34. The zero-order chi connectivity index (χ0) is 16.7. The molecule has 0 saturated heterocycles. The summed E-state index contributed by atoms with van der Waals surface area (Å²) >= 11 is 0. The second-order valence-corrected chi connectivity index (χ2v) is 7.13. The van der Waals surface area contributed by atoms with Gasteiger partial charge in [0.25, 0.3) is 0 Å². The molecule has 0 spiro atoms. The third-order valence-electron chi connectivity index (χ3n) is 5.48. The number of phenolic OH excluding ortho intramolecular Hbond substituents is 1. The lowest BCUT2D eigenvalue weighted by molar-refractivity contribution is 0.270. The Labute approximate surface area is 145 Å². The quantitative estimate of drug-likeness (QED) is 0.716. The van der Waals surface area contributed by atoms with E-state index in [0.717, 1.165) is 25.9 Å². The van der Waals surface area contributed by atoms with Crippen molar-refractivity contribution in [2.24, 2.45) is 0 Å². The molecule has 128 valence electrons. The van der Waals surface area contributed by atoms with Crippen LogP contribution in [-0.4, -0.2) is 18.2 Å². The van der Waals surface area contributed by atoms with E-state index in [1.165, 1.54) is 43.2 Å². The Kier molecular flexibility index (Phi) is 5.92. The maximum absolute atomic E-state index is 9.88. The minimum absolute atomic E-state index is 0.247. The fourth-order valence-corrected chi connectivity index (χ4v) is 4.08. The van der Waals surface area contributed by atoms with Crippen molar-refractivity contribution in [3.05, 3.63) is 65.7 Å². The van der Waals surface area contributed by atoms with E-state index in [2.05, 4.69) is 41.7 Å². The first kappa shape index (κ1) is 17.0. The lowest BCUT2D eigenvalue weighted by atomic mass is 9.67. The maximum atomic E-state index is 9.88. The Hall–Kier alpha value is -1.80. The molecule has 24 heavy (non-hydrogen) atoms. The molecular weight excluding hydrogens is 294 g/mol. The molecule has 2 N–H and O–H groups in total. The summed E-state index contributed by atoms with van der Waals surface area (Å²) in [4.78, 5) is 0. The molecular formula is C22H29NO. The van der Waals surface area contributed by atoms with Crippen LogP contribution in [0.1, 0.15) is 49.7 Å². The summed E-state index contributed by atoms with van der Waals surface area (Å²) in [7, 11) is 0. The van der Waals surface area contributed by atoms with Gasteiger partial charge in [-0.3, -0.25) is 0 Å². The predicted molar refractivity (Wildman–Crippen MR) is 101 cm³/mol. The van der Waals surface area contributed by atoms with Crippen LogP contribution in [0, 0.1) is 0 Å². The molecule has 0 radical (unpaired) electrons. The highest BCUT2D eigenvalue weighted by molar-refractivity contribution is 5.33. The van der Waals surface area contributed by atoms with Crippen molar-refractivity contribution in [3.63, 3.8) is 0 Å². The van der Waals surface area contributed by atoms with Crippen molar-refractivity contribution in [3.8, 4) is 5.75 Å². The number of phenols is 1. The molecule has 0 atom stereocenters. The zero-order valence-corrected chi connectivity index (χ0v) is 14.5. The molecule has 2 aromatic rings. The van der Waals surface area contributed by atoms with Crippen molar-refractivity contribution in [2.75, 3.05) is 13.1 Å². The summed E-state index contributed by atoms with van der Waals surface area (Å²) in [6.45, 7) is 2.07. The normalized spacial score (nSPS) is 16.8. The van der Waals surface area contributed by atoms with E-state index in [9.17, 15) is 5.11 Å². The second-order valence-electron chi connectivity index (χ2n) is 7.13. The largest absolute Gasteiger partial charge is 0.508 e. The number of nitrogens with one attached hydrogen (secondary N) is 1. The Balaban J connectivity index is 1.55. The Bertz CT molecular complexity index is 617. The molecule has 1 saturated carbocycles. The molecule has 0 amide bonds. The molecule has 0 aromatic heterocycles. The Morgan fingerprint density at radius 3 is 2.42 bits per heavy atom. The van der Waals surface area contributed by atoms with Gasteiger partial charge in [-0.1, -0.05) is 61.7 Å². The van der Waals surface area contributed by atoms with Gasteiger partial charge in [-0.15, -0.1) is 0 Å². The molecule has 0 unspecified atom stereocenters. The molecule has 3 rings (SSSR count). The van der Waals surface area contributed by atoms with Crippen molar-refractivity contribution in [2.45, 2.75) is 50.4 Å². The van der Waals surface area contributed by atoms with E-state index >= 15 is 0 Å². The van der Waals surface area contributed by atoms with Crippen LogP contribution in [0.15, 0.2) is 54.6 Å². The van der Waals surface area contributed by atoms with Crippen LogP contribution in [0.4, 0.5) is 0 Å². The van der Waals surface area contributed by atoms with Crippen LogP contribution in [0.25, 0.3) is 0 Å². The van der Waals surface area contributed by atoms with Crippen molar-refractivity contribution < 1.29 is 5.11 Å². The van der Waals surface area contributed by atoms with Crippen molar-refractivity contribution in [1.82, 2.24) is 5.32 Å². The van der Waals surface area contributed by atoms with Gasteiger partial charge in [0.15, 0.2) is 0 Å². The predicted octanol–water partition coefficient (Wildman–Crippen LogP) is 4.82. The highest BCUT2D eigenvalue weighted by Crippen LogP contribution is 2.42. The smallest absolute Gasteiger partial charge is 0.115 e. The number of hydrogen-bond acceptors (Lipinski definition) is 2. The Morgan fingerprint density at radius 2 is 1.67 bits per heavy atom. The fourth-order valence-electron chi connectivity index (χ4n) is 4.08. The van der Waals surface area contributed by atoms with Gasteiger partial charge in [0, 0.05) is 0 Å². The lowest BCUT2D eigenvalue weighted by Crippen LogP contribution is -2.33. The lowest BCUT2D eigenvalue weighted by Gasteiger charge is -2.38. The first-order valence-electron chi connectivity index (χ1n) is 9.33. The molecule has 2 aromatic carbocycles. The minimum Gasteiger partial charge on any atom is -0.508 e. The van der Waals surface area contributed by atoms with Crippen molar-refractivity contribution >= 4 is 0 Å². The van der Waals surface area contributed by atoms with Gasteiger partial charge in [-0.05, 0) is 67.4 Å². The average Bonchev–Trinajstić information content (AvgIpc) is 2.63.